The summed E-state index contributed by atoms with van der Waals surface area (Å²) in [6.45, 7) is 19.0. The van der Waals surface area contributed by atoms with E-state index in [0.717, 1.165) is 38.7 Å². The van der Waals surface area contributed by atoms with E-state index in [4.69, 9.17) is 33.3 Å². The Morgan fingerprint density at radius 3 is 1.38 bits per heavy atom. The number of imide groups is 1. The maximum atomic E-state index is 12.5. The van der Waals surface area contributed by atoms with E-state index in [9.17, 15) is 33.6 Å². The van der Waals surface area contributed by atoms with Crippen LogP contribution in [0.4, 0.5) is 0 Å². The second kappa shape index (κ2) is 38.8. The predicted molar refractivity (Wildman–Crippen MR) is 249 cm³/mol. The summed E-state index contributed by atoms with van der Waals surface area (Å²) in [5.41, 5.74) is -1.12. The lowest BCUT2D eigenvalue weighted by atomic mass is 9.95. The Kier molecular flexibility index (Phi) is 36.8. The third-order valence-corrected chi connectivity index (χ3v) is 10.0. The number of carbonyl (C=O) groups is 7. The van der Waals surface area contributed by atoms with Gasteiger partial charge in [-0.3, -0.25) is 28.8 Å². The number of unbranched alkanes of at least 4 members (excludes halogenated alkanes) is 13. The lowest BCUT2D eigenvalue weighted by Crippen LogP contribution is -2.33. The van der Waals surface area contributed by atoms with E-state index in [0.29, 0.717) is 63.3 Å². The highest BCUT2D eigenvalue weighted by atomic mass is 16.7. The minimum atomic E-state index is -0.854. The fraction of sp³-hybridized carbons (Fsp3) is 0.860. The number of Topliss-reactive ketones (excluding diaryl/α,β-unsaturated/α-hetero) is 2. The number of rotatable bonds is 39. The van der Waals surface area contributed by atoms with Crippen molar-refractivity contribution in [2.75, 3.05) is 52.9 Å². The van der Waals surface area contributed by atoms with Gasteiger partial charge in [-0.25, -0.2) is 4.79 Å². The summed E-state index contributed by atoms with van der Waals surface area (Å²) in [7, 11) is 0. The van der Waals surface area contributed by atoms with Crippen molar-refractivity contribution >= 4 is 41.3 Å². The average Bonchev–Trinajstić information content (AvgIpc) is 3.54. The van der Waals surface area contributed by atoms with Gasteiger partial charge >= 0.3 is 17.9 Å². The molecule has 0 aromatic carbocycles. The lowest BCUT2D eigenvalue weighted by molar-refractivity contribution is -0.197. The molecule has 1 unspecified atom stereocenters. The maximum Gasteiger partial charge on any atom is 0.333 e. The standard InChI is InChI=1S/C29H56O5.C21H33NO9/c1-5-32-25-26-33-24-20-22-27(30)21-18-16-14-12-10-8-6-7-9-11-13-15-17-19-23-28(31)34-29(2,3)4;1-5-28-12-13-29-11-10-16(23)14-15(20(27)30-21(2,3)4)6-9-19(26)31-22-17(24)7-8-18(22)25/h5-26H2,1-4H3;15H,5-14H2,1-4H3. The second-order valence-electron chi connectivity index (χ2n) is 18.6. The largest absolute Gasteiger partial charge is 0.460 e. The van der Waals surface area contributed by atoms with E-state index >= 15 is 0 Å². The first-order valence-electron chi connectivity index (χ1n) is 24.7. The average molecular weight is 928 g/mol. The van der Waals surface area contributed by atoms with Crippen LogP contribution in [0.25, 0.3) is 0 Å². The van der Waals surface area contributed by atoms with Crippen LogP contribution in [0.15, 0.2) is 0 Å². The first kappa shape index (κ1) is 61.7. The number of hydrogen-bond donors (Lipinski definition) is 0. The molecule has 1 aliphatic heterocycles. The molecular formula is C50H89NO14. The van der Waals surface area contributed by atoms with E-state index in [-0.39, 0.29) is 62.5 Å². The topological polar surface area (TPSA) is 187 Å². The molecule has 0 bridgehead atoms. The van der Waals surface area contributed by atoms with Gasteiger partial charge in [0.25, 0.3) is 11.8 Å². The number of esters is 2. The fourth-order valence-corrected chi connectivity index (χ4v) is 6.68. The molecule has 1 aliphatic rings. The van der Waals surface area contributed by atoms with E-state index in [1.165, 1.54) is 70.6 Å². The molecule has 65 heavy (non-hydrogen) atoms. The summed E-state index contributed by atoms with van der Waals surface area (Å²) >= 11 is 0. The third kappa shape index (κ3) is 39.6. The molecule has 1 atom stereocenters. The van der Waals surface area contributed by atoms with Gasteiger partial charge in [0, 0.05) is 71.2 Å². The van der Waals surface area contributed by atoms with Gasteiger partial charge in [-0.2, -0.15) is 0 Å². The van der Waals surface area contributed by atoms with Gasteiger partial charge in [-0.15, -0.1) is 5.06 Å². The van der Waals surface area contributed by atoms with Crippen LogP contribution >= 0.6 is 0 Å². The smallest absolute Gasteiger partial charge is 0.333 e. The van der Waals surface area contributed by atoms with Crippen LogP contribution in [0.3, 0.4) is 0 Å². The molecule has 0 aliphatic carbocycles. The molecule has 0 N–H and O–H groups in total. The number of carbonyl (C=O) groups excluding carboxylic acids is 7. The van der Waals surface area contributed by atoms with Gasteiger partial charge in [0.15, 0.2) is 0 Å². The number of hydrogen-bond acceptors (Lipinski definition) is 14. The van der Waals surface area contributed by atoms with Crippen molar-refractivity contribution in [3.8, 4) is 0 Å². The summed E-state index contributed by atoms with van der Waals surface area (Å²) in [4.78, 5) is 88.3. The summed E-state index contributed by atoms with van der Waals surface area (Å²) in [6, 6.07) is 0. The van der Waals surface area contributed by atoms with Crippen LogP contribution in [0.2, 0.25) is 0 Å². The molecule has 0 radical (unpaired) electrons. The first-order valence-corrected chi connectivity index (χ1v) is 24.7. The van der Waals surface area contributed by atoms with Crippen LogP contribution in [0.1, 0.15) is 209 Å². The van der Waals surface area contributed by atoms with Crippen molar-refractivity contribution in [1.29, 1.82) is 0 Å². The van der Waals surface area contributed by atoms with Gasteiger partial charge in [0.05, 0.1) is 39.0 Å². The van der Waals surface area contributed by atoms with Crippen molar-refractivity contribution in [3.05, 3.63) is 0 Å². The van der Waals surface area contributed by atoms with E-state index in [1.54, 1.807) is 20.8 Å². The molecule has 378 valence electrons. The third-order valence-electron chi connectivity index (χ3n) is 10.0. The highest BCUT2D eigenvalue weighted by Gasteiger charge is 2.34. The van der Waals surface area contributed by atoms with E-state index in [1.807, 2.05) is 34.6 Å². The minimum absolute atomic E-state index is 0.00616. The van der Waals surface area contributed by atoms with Crippen molar-refractivity contribution in [2.24, 2.45) is 5.92 Å². The van der Waals surface area contributed by atoms with Gasteiger partial charge in [-0.1, -0.05) is 77.0 Å². The predicted octanol–water partition coefficient (Wildman–Crippen LogP) is 9.71. The van der Waals surface area contributed by atoms with Crippen LogP contribution in [-0.4, -0.2) is 110 Å². The number of amides is 2. The minimum Gasteiger partial charge on any atom is -0.460 e. The monoisotopic (exact) mass is 928 g/mol. The number of nitrogens with zero attached hydrogens (tertiary/aromatic N) is 1. The first-order chi connectivity index (χ1) is 30.9. The maximum absolute atomic E-state index is 12.5. The summed E-state index contributed by atoms with van der Waals surface area (Å²) < 4.78 is 31.8. The quantitative estimate of drug-likeness (QED) is 0.0322. The van der Waals surface area contributed by atoms with Crippen molar-refractivity contribution in [2.45, 2.75) is 221 Å². The normalized spacial score (nSPS) is 13.3. The molecule has 1 heterocycles. The molecule has 2 amide bonds. The molecule has 15 nitrogen and oxygen atoms in total. The molecule has 0 saturated carbocycles. The van der Waals surface area contributed by atoms with Crippen LogP contribution in [0, 0.1) is 5.92 Å². The Hall–Kier alpha value is -3.27. The molecule has 1 fully saturated rings. The second-order valence-corrected chi connectivity index (χ2v) is 18.6. The van der Waals surface area contributed by atoms with Crippen LogP contribution in [-0.2, 0) is 66.8 Å². The Bertz CT molecular complexity index is 1310. The molecular weight excluding hydrogens is 839 g/mol. The number of ketones is 2. The van der Waals surface area contributed by atoms with Gasteiger partial charge in [0.2, 0.25) is 0 Å². The Balaban J connectivity index is 0.00000126. The zero-order valence-electron chi connectivity index (χ0n) is 41.9. The van der Waals surface area contributed by atoms with Crippen molar-refractivity contribution in [3.63, 3.8) is 0 Å². The van der Waals surface area contributed by atoms with Gasteiger partial charge < -0.3 is 33.3 Å². The summed E-state index contributed by atoms with van der Waals surface area (Å²) in [6.07, 6.45) is 19.9. The SMILES string of the molecule is CCOCCOCCC(=O)CC(CCC(=O)ON1C(=O)CCC1=O)C(=O)OC(C)(C)C.CCOCCOCCCC(=O)CCCCCCCCCCCCCCCCC(=O)OC(C)(C)C. The van der Waals surface area contributed by atoms with Gasteiger partial charge in [-0.05, 0) is 81.1 Å². The Labute approximate surface area is 391 Å². The van der Waals surface area contributed by atoms with Crippen LogP contribution in [0.5, 0.6) is 0 Å². The van der Waals surface area contributed by atoms with E-state index < -0.39 is 35.3 Å². The Morgan fingerprint density at radius 2 is 0.908 bits per heavy atom. The van der Waals surface area contributed by atoms with Crippen molar-refractivity contribution in [1.82, 2.24) is 5.06 Å². The zero-order chi connectivity index (χ0) is 48.8. The molecule has 0 aromatic rings. The summed E-state index contributed by atoms with van der Waals surface area (Å²) in [5, 5.41) is 0.454. The highest BCUT2D eigenvalue weighted by molar-refractivity contribution is 6.01. The molecule has 0 spiro atoms. The number of ether oxygens (including phenoxy) is 6. The van der Waals surface area contributed by atoms with Gasteiger partial charge in [0.1, 0.15) is 22.8 Å². The fourth-order valence-electron chi connectivity index (χ4n) is 6.68. The molecule has 1 saturated heterocycles. The van der Waals surface area contributed by atoms with Crippen LogP contribution < -0.4 is 0 Å². The Morgan fingerprint density at radius 1 is 0.477 bits per heavy atom. The highest BCUT2D eigenvalue weighted by Crippen LogP contribution is 2.21. The van der Waals surface area contributed by atoms with E-state index in [2.05, 4.69) is 0 Å². The molecule has 15 heteroatoms. The molecule has 0 aromatic heterocycles. The zero-order valence-corrected chi connectivity index (χ0v) is 41.9. The lowest BCUT2D eigenvalue weighted by Gasteiger charge is -2.23. The summed E-state index contributed by atoms with van der Waals surface area (Å²) in [5.74, 6) is -3.33. The molecule has 1 rings (SSSR count). The van der Waals surface area contributed by atoms with Crippen molar-refractivity contribution < 1.29 is 66.8 Å². The number of hydroxylamine groups is 2.